The molecule has 0 aliphatic heterocycles. The molecule has 1 aromatic carbocycles. The van der Waals surface area contributed by atoms with Crippen LogP contribution in [0.4, 0.5) is 4.39 Å². The van der Waals surface area contributed by atoms with E-state index in [1.165, 1.54) is 6.08 Å². The van der Waals surface area contributed by atoms with E-state index in [4.69, 9.17) is 0 Å². The van der Waals surface area contributed by atoms with Crippen molar-refractivity contribution < 1.29 is 9.18 Å². The van der Waals surface area contributed by atoms with Gasteiger partial charge in [0.25, 0.3) is 0 Å². The lowest BCUT2D eigenvalue weighted by Gasteiger charge is -2.09. The number of hydrogen-bond acceptors (Lipinski definition) is 1. The van der Waals surface area contributed by atoms with Gasteiger partial charge in [0.2, 0.25) is 0 Å². The van der Waals surface area contributed by atoms with Crippen molar-refractivity contribution >= 4 is 11.9 Å². The number of fused-ring (bicyclic) bond motifs is 1. The van der Waals surface area contributed by atoms with Crippen LogP contribution in [0.2, 0.25) is 0 Å². The zero-order chi connectivity index (χ0) is 8.55. The number of hydrogen-bond donors (Lipinski definition) is 0. The Hall–Kier alpha value is -1.44. The highest BCUT2D eigenvalue weighted by molar-refractivity contribution is 6.01. The molecule has 0 aromatic heterocycles. The summed E-state index contributed by atoms with van der Waals surface area (Å²) in [5, 5.41) is 0. The van der Waals surface area contributed by atoms with E-state index in [2.05, 4.69) is 0 Å². The molecule has 60 valence electrons. The van der Waals surface area contributed by atoms with E-state index < -0.39 is 11.6 Å². The second-order valence-corrected chi connectivity index (χ2v) is 2.79. The first kappa shape index (κ1) is 7.22. The summed E-state index contributed by atoms with van der Waals surface area (Å²) in [5.74, 6) is -1.05. The Morgan fingerprint density at radius 3 is 2.83 bits per heavy atom. The Labute approximate surface area is 69.5 Å². The number of carbonyl (C=O) groups excluding carboxylic acids is 1. The number of allylic oxidation sites excluding steroid dienone is 1. The maximum Gasteiger partial charge on any atom is 0.195 e. The van der Waals surface area contributed by atoms with E-state index in [9.17, 15) is 9.18 Å². The topological polar surface area (TPSA) is 17.1 Å². The molecule has 1 aliphatic rings. The van der Waals surface area contributed by atoms with Gasteiger partial charge in [-0.15, -0.1) is 0 Å². The minimum absolute atomic E-state index is 0.193. The average molecular weight is 162 g/mol. The molecule has 1 nitrogen and oxygen atoms in total. The largest absolute Gasteiger partial charge is 0.291 e. The maximum absolute atomic E-state index is 12.8. The molecule has 2 heteroatoms. The summed E-state index contributed by atoms with van der Waals surface area (Å²) >= 11 is 0. The first-order valence-corrected chi connectivity index (χ1v) is 3.75. The molecule has 1 aliphatic carbocycles. The summed E-state index contributed by atoms with van der Waals surface area (Å²) in [6, 6.07) is 7.33. The van der Waals surface area contributed by atoms with Crippen LogP contribution in [0.1, 0.15) is 11.1 Å². The lowest BCUT2D eigenvalue weighted by atomic mass is 9.96. The van der Waals surface area contributed by atoms with Crippen molar-refractivity contribution in [1.82, 2.24) is 0 Å². The molecular formula is C10H7FO. The lowest BCUT2D eigenvalue weighted by molar-refractivity contribution is -0.116. The Morgan fingerprint density at radius 2 is 2.00 bits per heavy atom. The van der Waals surface area contributed by atoms with Gasteiger partial charge in [-0.1, -0.05) is 24.3 Å². The van der Waals surface area contributed by atoms with Gasteiger partial charge in [-0.3, -0.25) is 4.79 Å². The maximum atomic E-state index is 12.8. The number of carbonyl (C=O) groups is 1. The van der Waals surface area contributed by atoms with Gasteiger partial charge in [0.15, 0.2) is 11.6 Å². The lowest BCUT2D eigenvalue weighted by Crippen LogP contribution is -2.08. The fourth-order valence-electron chi connectivity index (χ4n) is 1.31. The van der Waals surface area contributed by atoms with Crippen LogP contribution in [0.5, 0.6) is 0 Å². The molecule has 0 fully saturated rings. The van der Waals surface area contributed by atoms with Gasteiger partial charge >= 0.3 is 0 Å². The van der Waals surface area contributed by atoms with E-state index in [1.807, 2.05) is 18.2 Å². The Bertz CT molecular complexity index is 366. The summed E-state index contributed by atoms with van der Waals surface area (Å²) in [6.45, 7) is 0. The van der Waals surface area contributed by atoms with Crippen molar-refractivity contribution in [1.29, 1.82) is 0 Å². The fraction of sp³-hybridized carbons (Fsp3) is 0.100. The van der Waals surface area contributed by atoms with Crippen LogP contribution in [-0.4, -0.2) is 5.78 Å². The van der Waals surface area contributed by atoms with Gasteiger partial charge in [-0.2, -0.15) is 0 Å². The SMILES string of the molecule is O=C1Cc2ccccc2C=C1F. The predicted octanol–water partition coefficient (Wildman–Crippen LogP) is 2.12. The molecule has 0 atom stereocenters. The van der Waals surface area contributed by atoms with Crippen LogP contribution < -0.4 is 0 Å². The van der Waals surface area contributed by atoms with Crippen molar-refractivity contribution in [3.05, 3.63) is 41.2 Å². The molecular weight excluding hydrogens is 155 g/mol. The molecule has 0 N–H and O–H groups in total. The Balaban J connectivity index is 2.56. The van der Waals surface area contributed by atoms with E-state index >= 15 is 0 Å². The number of Topliss-reactive ketones (excluding diaryl/α,β-unsaturated/α-hetero) is 1. The van der Waals surface area contributed by atoms with Crippen LogP contribution in [0.3, 0.4) is 0 Å². The third-order valence-corrected chi connectivity index (χ3v) is 1.95. The fourth-order valence-corrected chi connectivity index (χ4v) is 1.31. The van der Waals surface area contributed by atoms with E-state index in [0.29, 0.717) is 0 Å². The minimum Gasteiger partial charge on any atom is -0.291 e. The Morgan fingerprint density at radius 1 is 1.25 bits per heavy atom. The first-order chi connectivity index (χ1) is 5.77. The number of halogens is 1. The summed E-state index contributed by atoms with van der Waals surface area (Å²) in [7, 11) is 0. The zero-order valence-electron chi connectivity index (χ0n) is 6.38. The van der Waals surface area contributed by atoms with Gasteiger partial charge in [0.1, 0.15) is 0 Å². The summed E-state index contributed by atoms with van der Waals surface area (Å²) < 4.78 is 12.8. The standard InChI is InChI=1S/C10H7FO/c11-9-5-7-3-1-2-4-8(7)6-10(9)12/h1-5H,6H2. The average Bonchev–Trinajstić information content (AvgIpc) is 2.07. The third kappa shape index (κ3) is 1.05. The van der Waals surface area contributed by atoms with Crippen molar-refractivity contribution in [2.75, 3.05) is 0 Å². The molecule has 0 heterocycles. The second kappa shape index (κ2) is 2.55. The first-order valence-electron chi connectivity index (χ1n) is 3.75. The summed E-state index contributed by atoms with van der Waals surface area (Å²) in [5.41, 5.74) is 1.72. The molecule has 0 saturated carbocycles. The third-order valence-electron chi connectivity index (χ3n) is 1.95. The highest BCUT2D eigenvalue weighted by Crippen LogP contribution is 2.21. The van der Waals surface area contributed by atoms with Gasteiger partial charge in [-0.05, 0) is 17.2 Å². The van der Waals surface area contributed by atoms with Crippen LogP contribution in [0, 0.1) is 0 Å². The summed E-state index contributed by atoms with van der Waals surface area (Å²) in [4.78, 5) is 10.9. The normalized spacial score (nSPS) is 15.4. The molecule has 1 aromatic rings. The smallest absolute Gasteiger partial charge is 0.195 e. The van der Waals surface area contributed by atoms with Crippen molar-refractivity contribution in [3.8, 4) is 0 Å². The van der Waals surface area contributed by atoms with Crippen LogP contribution in [0.15, 0.2) is 30.1 Å². The van der Waals surface area contributed by atoms with Crippen molar-refractivity contribution in [2.45, 2.75) is 6.42 Å². The van der Waals surface area contributed by atoms with Crippen LogP contribution in [0.25, 0.3) is 6.08 Å². The highest BCUT2D eigenvalue weighted by Gasteiger charge is 2.16. The van der Waals surface area contributed by atoms with Gasteiger partial charge in [0, 0.05) is 6.42 Å². The molecule has 0 saturated heterocycles. The van der Waals surface area contributed by atoms with Gasteiger partial charge < -0.3 is 0 Å². The van der Waals surface area contributed by atoms with Gasteiger partial charge in [0.05, 0.1) is 0 Å². The minimum atomic E-state index is -0.631. The number of benzene rings is 1. The van der Waals surface area contributed by atoms with Crippen molar-refractivity contribution in [3.63, 3.8) is 0 Å². The number of rotatable bonds is 0. The summed E-state index contributed by atoms with van der Waals surface area (Å²) in [6.07, 6.45) is 1.49. The molecule has 0 unspecified atom stereocenters. The molecule has 0 radical (unpaired) electrons. The van der Waals surface area contributed by atoms with Crippen LogP contribution in [-0.2, 0) is 11.2 Å². The molecule has 0 spiro atoms. The van der Waals surface area contributed by atoms with E-state index in [1.54, 1.807) is 6.07 Å². The van der Waals surface area contributed by atoms with Crippen LogP contribution >= 0.6 is 0 Å². The molecule has 0 amide bonds. The van der Waals surface area contributed by atoms with Crippen molar-refractivity contribution in [2.24, 2.45) is 0 Å². The second-order valence-electron chi connectivity index (χ2n) is 2.79. The Kier molecular flexibility index (Phi) is 1.54. The molecule has 0 bridgehead atoms. The molecule has 12 heavy (non-hydrogen) atoms. The van der Waals surface area contributed by atoms with Gasteiger partial charge in [-0.25, -0.2) is 4.39 Å². The zero-order valence-corrected chi connectivity index (χ0v) is 6.38. The monoisotopic (exact) mass is 162 g/mol. The number of ketones is 1. The molecule has 2 rings (SSSR count). The predicted molar refractivity (Wildman–Crippen MR) is 44.2 cm³/mol. The highest BCUT2D eigenvalue weighted by atomic mass is 19.1. The quantitative estimate of drug-likeness (QED) is 0.571. The van der Waals surface area contributed by atoms with E-state index in [-0.39, 0.29) is 6.42 Å². The van der Waals surface area contributed by atoms with E-state index in [0.717, 1.165) is 11.1 Å².